The first-order chi connectivity index (χ1) is 8.54. The molecule has 2 heteroatoms. The van der Waals surface area contributed by atoms with E-state index in [0.717, 1.165) is 13.1 Å². The monoisotopic (exact) mass is 248 g/mol. The minimum atomic E-state index is 0.528. The molecule has 2 nitrogen and oxygen atoms in total. The van der Waals surface area contributed by atoms with Crippen LogP contribution in [0.3, 0.4) is 0 Å². The predicted octanol–water partition coefficient (Wildman–Crippen LogP) is 3.20. The SMILES string of the molecule is CCCNC(C)C(C)N(C)Cc1cccc(C)c1. The normalized spacial score (nSPS) is 14.8. The fourth-order valence-electron chi connectivity index (χ4n) is 2.17. The summed E-state index contributed by atoms with van der Waals surface area (Å²) in [5.41, 5.74) is 2.73. The molecule has 2 atom stereocenters. The van der Waals surface area contributed by atoms with Crippen molar-refractivity contribution in [3.05, 3.63) is 35.4 Å². The van der Waals surface area contributed by atoms with Crippen molar-refractivity contribution in [3.63, 3.8) is 0 Å². The number of nitrogens with one attached hydrogen (secondary N) is 1. The van der Waals surface area contributed by atoms with Crippen LogP contribution < -0.4 is 5.32 Å². The van der Waals surface area contributed by atoms with Gasteiger partial charge in [0.25, 0.3) is 0 Å². The summed E-state index contributed by atoms with van der Waals surface area (Å²) in [6.07, 6.45) is 1.19. The van der Waals surface area contributed by atoms with Crippen molar-refractivity contribution in [3.8, 4) is 0 Å². The molecule has 102 valence electrons. The smallest absolute Gasteiger partial charge is 0.0234 e. The molecule has 1 aromatic rings. The summed E-state index contributed by atoms with van der Waals surface area (Å²) >= 11 is 0. The van der Waals surface area contributed by atoms with Gasteiger partial charge < -0.3 is 5.32 Å². The van der Waals surface area contributed by atoms with Gasteiger partial charge in [-0.15, -0.1) is 0 Å². The summed E-state index contributed by atoms with van der Waals surface area (Å²) in [6.45, 7) is 11.0. The van der Waals surface area contributed by atoms with Crippen LogP contribution in [-0.4, -0.2) is 30.6 Å². The molecule has 0 saturated carbocycles. The van der Waals surface area contributed by atoms with Crippen molar-refractivity contribution in [1.29, 1.82) is 0 Å². The molecule has 1 N–H and O–H groups in total. The molecule has 0 heterocycles. The molecular weight excluding hydrogens is 220 g/mol. The summed E-state index contributed by atoms with van der Waals surface area (Å²) < 4.78 is 0. The maximum absolute atomic E-state index is 3.57. The van der Waals surface area contributed by atoms with Gasteiger partial charge in [-0.05, 0) is 46.3 Å². The average Bonchev–Trinajstić information content (AvgIpc) is 2.35. The lowest BCUT2D eigenvalue weighted by atomic mass is 10.1. The third-order valence-corrected chi connectivity index (χ3v) is 3.65. The molecule has 0 aromatic heterocycles. The van der Waals surface area contributed by atoms with E-state index < -0.39 is 0 Å². The molecule has 0 bridgehead atoms. The van der Waals surface area contributed by atoms with E-state index in [-0.39, 0.29) is 0 Å². The van der Waals surface area contributed by atoms with Crippen molar-refractivity contribution in [1.82, 2.24) is 10.2 Å². The maximum Gasteiger partial charge on any atom is 0.0234 e. The highest BCUT2D eigenvalue weighted by molar-refractivity contribution is 5.22. The van der Waals surface area contributed by atoms with Gasteiger partial charge in [0, 0.05) is 18.6 Å². The topological polar surface area (TPSA) is 15.3 Å². The lowest BCUT2D eigenvalue weighted by Gasteiger charge is -2.30. The third-order valence-electron chi connectivity index (χ3n) is 3.65. The Morgan fingerprint density at radius 1 is 1.28 bits per heavy atom. The van der Waals surface area contributed by atoms with E-state index in [1.165, 1.54) is 17.5 Å². The molecule has 0 aliphatic carbocycles. The van der Waals surface area contributed by atoms with Crippen molar-refractivity contribution >= 4 is 0 Å². The molecule has 1 aromatic carbocycles. The fourth-order valence-corrected chi connectivity index (χ4v) is 2.17. The molecule has 0 spiro atoms. The maximum atomic E-state index is 3.57. The van der Waals surface area contributed by atoms with Crippen LogP contribution in [0.4, 0.5) is 0 Å². The van der Waals surface area contributed by atoms with Crippen LogP contribution in [0.5, 0.6) is 0 Å². The standard InChI is InChI=1S/C16H28N2/c1-6-10-17-14(3)15(4)18(5)12-16-9-7-8-13(2)11-16/h7-9,11,14-15,17H,6,10,12H2,1-5H3. The molecule has 1 rings (SSSR count). The van der Waals surface area contributed by atoms with Crippen LogP contribution in [0.25, 0.3) is 0 Å². The fraction of sp³-hybridized carbons (Fsp3) is 0.625. The Balaban J connectivity index is 2.51. The molecular formula is C16H28N2. The van der Waals surface area contributed by atoms with Gasteiger partial charge in [0.15, 0.2) is 0 Å². The van der Waals surface area contributed by atoms with Gasteiger partial charge in [0.1, 0.15) is 0 Å². The highest BCUT2D eigenvalue weighted by Crippen LogP contribution is 2.10. The zero-order chi connectivity index (χ0) is 13.5. The summed E-state index contributed by atoms with van der Waals surface area (Å²) in [5, 5.41) is 3.57. The number of hydrogen-bond acceptors (Lipinski definition) is 2. The number of hydrogen-bond donors (Lipinski definition) is 1. The van der Waals surface area contributed by atoms with Crippen molar-refractivity contribution in [2.75, 3.05) is 13.6 Å². The Labute approximate surface area is 112 Å². The lowest BCUT2D eigenvalue weighted by molar-refractivity contribution is 0.206. The van der Waals surface area contributed by atoms with Crippen LogP contribution in [0.2, 0.25) is 0 Å². The van der Waals surface area contributed by atoms with Gasteiger partial charge in [-0.3, -0.25) is 4.90 Å². The van der Waals surface area contributed by atoms with Crippen molar-refractivity contribution in [2.24, 2.45) is 0 Å². The largest absolute Gasteiger partial charge is 0.313 e. The summed E-state index contributed by atoms with van der Waals surface area (Å²) in [5.74, 6) is 0. The number of likely N-dealkylation sites (N-methyl/N-ethyl adjacent to an activating group) is 1. The van der Waals surface area contributed by atoms with E-state index in [0.29, 0.717) is 12.1 Å². The second kappa shape index (κ2) is 7.55. The number of aryl methyl sites for hydroxylation is 1. The van der Waals surface area contributed by atoms with Crippen LogP contribution in [0.1, 0.15) is 38.3 Å². The predicted molar refractivity (Wildman–Crippen MR) is 79.9 cm³/mol. The van der Waals surface area contributed by atoms with E-state index in [2.05, 4.69) is 69.2 Å². The highest BCUT2D eigenvalue weighted by Gasteiger charge is 2.16. The molecule has 0 amide bonds. The Morgan fingerprint density at radius 2 is 2.00 bits per heavy atom. The van der Waals surface area contributed by atoms with Gasteiger partial charge in [-0.25, -0.2) is 0 Å². The highest BCUT2D eigenvalue weighted by atomic mass is 15.2. The van der Waals surface area contributed by atoms with Gasteiger partial charge in [-0.2, -0.15) is 0 Å². The van der Waals surface area contributed by atoms with E-state index in [1.54, 1.807) is 0 Å². The minimum absolute atomic E-state index is 0.528. The third kappa shape index (κ3) is 4.79. The first-order valence-electron chi connectivity index (χ1n) is 7.03. The zero-order valence-electron chi connectivity index (χ0n) is 12.5. The second-order valence-corrected chi connectivity index (χ2v) is 5.39. The second-order valence-electron chi connectivity index (χ2n) is 5.39. The molecule has 0 aliphatic rings. The molecule has 0 saturated heterocycles. The number of nitrogens with zero attached hydrogens (tertiary/aromatic N) is 1. The molecule has 0 fully saturated rings. The van der Waals surface area contributed by atoms with Gasteiger partial charge in [-0.1, -0.05) is 36.8 Å². The van der Waals surface area contributed by atoms with Crippen LogP contribution in [0, 0.1) is 6.92 Å². The lowest BCUT2D eigenvalue weighted by Crippen LogP contribution is -2.45. The minimum Gasteiger partial charge on any atom is -0.313 e. The first kappa shape index (κ1) is 15.2. The van der Waals surface area contributed by atoms with Crippen LogP contribution >= 0.6 is 0 Å². The van der Waals surface area contributed by atoms with Crippen molar-refractivity contribution in [2.45, 2.75) is 52.7 Å². The van der Waals surface area contributed by atoms with E-state index in [9.17, 15) is 0 Å². The summed E-state index contributed by atoms with van der Waals surface area (Å²) in [4.78, 5) is 2.42. The Hall–Kier alpha value is -0.860. The van der Waals surface area contributed by atoms with E-state index in [4.69, 9.17) is 0 Å². The molecule has 0 radical (unpaired) electrons. The number of benzene rings is 1. The van der Waals surface area contributed by atoms with Gasteiger partial charge >= 0.3 is 0 Å². The van der Waals surface area contributed by atoms with E-state index in [1.807, 2.05) is 0 Å². The van der Waals surface area contributed by atoms with Crippen molar-refractivity contribution < 1.29 is 0 Å². The summed E-state index contributed by atoms with van der Waals surface area (Å²) in [7, 11) is 2.21. The first-order valence-corrected chi connectivity index (χ1v) is 7.03. The quantitative estimate of drug-likeness (QED) is 0.797. The van der Waals surface area contributed by atoms with Crippen LogP contribution in [-0.2, 0) is 6.54 Å². The Bertz CT molecular complexity index is 349. The molecule has 2 unspecified atom stereocenters. The number of rotatable bonds is 7. The summed E-state index contributed by atoms with van der Waals surface area (Å²) in [6, 6.07) is 9.84. The van der Waals surface area contributed by atoms with E-state index >= 15 is 0 Å². The average molecular weight is 248 g/mol. The molecule has 0 aliphatic heterocycles. The van der Waals surface area contributed by atoms with Gasteiger partial charge in [0.2, 0.25) is 0 Å². The zero-order valence-corrected chi connectivity index (χ0v) is 12.5. The van der Waals surface area contributed by atoms with Gasteiger partial charge in [0.05, 0.1) is 0 Å². The molecule has 18 heavy (non-hydrogen) atoms. The van der Waals surface area contributed by atoms with Crippen LogP contribution in [0.15, 0.2) is 24.3 Å². The Morgan fingerprint density at radius 3 is 2.61 bits per heavy atom. The Kier molecular flexibility index (Phi) is 6.37.